The number of aromatic hydroxyl groups is 1. The van der Waals surface area contributed by atoms with Crippen molar-refractivity contribution in [3.8, 4) is 5.75 Å². The first-order valence-electron chi connectivity index (χ1n) is 6.69. The molecule has 7 heteroatoms. The summed E-state index contributed by atoms with van der Waals surface area (Å²) in [6.45, 7) is 1.99. The summed E-state index contributed by atoms with van der Waals surface area (Å²) in [6.07, 6.45) is 4.95. The summed E-state index contributed by atoms with van der Waals surface area (Å²) in [6, 6.07) is 3.40. The van der Waals surface area contributed by atoms with E-state index in [2.05, 4.69) is 41.8 Å². The van der Waals surface area contributed by atoms with Crippen molar-refractivity contribution in [3.05, 3.63) is 56.6 Å². The predicted molar refractivity (Wildman–Crippen MR) is 89.9 cm³/mol. The highest BCUT2D eigenvalue weighted by atomic mass is 79.9. The highest BCUT2D eigenvalue weighted by Crippen LogP contribution is 2.37. The Hall–Kier alpha value is -1.44. The molecule has 0 spiro atoms. The summed E-state index contributed by atoms with van der Waals surface area (Å²) >= 11 is 6.58. The van der Waals surface area contributed by atoms with Gasteiger partial charge in [-0.3, -0.25) is 9.38 Å². The molecule has 0 saturated heterocycles. The van der Waals surface area contributed by atoms with E-state index in [9.17, 15) is 10.2 Å². The first kappa shape index (κ1) is 15.5. The van der Waals surface area contributed by atoms with Crippen LogP contribution in [0, 0.1) is 0 Å². The second-order valence-corrected chi connectivity index (χ2v) is 6.55. The number of aliphatic hydroxyl groups excluding tert-OH is 1. The van der Waals surface area contributed by atoms with Crippen LogP contribution in [0.15, 0.2) is 39.7 Å². The third-order valence-electron chi connectivity index (χ3n) is 3.49. The number of halogens is 2. The van der Waals surface area contributed by atoms with Gasteiger partial charge in [0.1, 0.15) is 11.9 Å². The molecule has 2 aromatic heterocycles. The first-order chi connectivity index (χ1) is 10.5. The van der Waals surface area contributed by atoms with Gasteiger partial charge in [0, 0.05) is 12.4 Å². The number of aromatic nitrogens is 3. The minimum Gasteiger partial charge on any atom is -0.506 e. The first-order valence-corrected chi connectivity index (χ1v) is 8.28. The average Bonchev–Trinajstić information content (AvgIpc) is 2.89. The summed E-state index contributed by atoms with van der Waals surface area (Å²) in [5, 5.41) is 20.6. The van der Waals surface area contributed by atoms with Gasteiger partial charge in [-0.1, -0.05) is 6.92 Å². The van der Waals surface area contributed by atoms with Crippen molar-refractivity contribution in [3.63, 3.8) is 0 Å². The van der Waals surface area contributed by atoms with E-state index in [1.807, 2.05) is 11.3 Å². The normalized spacial score (nSPS) is 12.7. The van der Waals surface area contributed by atoms with Crippen molar-refractivity contribution in [1.82, 2.24) is 14.4 Å². The van der Waals surface area contributed by atoms with Gasteiger partial charge < -0.3 is 10.2 Å². The number of aliphatic hydroxyl groups is 1. The van der Waals surface area contributed by atoms with Gasteiger partial charge in [0.25, 0.3) is 0 Å². The van der Waals surface area contributed by atoms with Crippen LogP contribution in [-0.2, 0) is 6.42 Å². The Labute approximate surface area is 143 Å². The molecule has 1 atom stereocenters. The molecule has 3 aromatic rings. The van der Waals surface area contributed by atoms with Crippen LogP contribution in [0.1, 0.15) is 30.0 Å². The average molecular weight is 427 g/mol. The quantitative estimate of drug-likeness (QED) is 0.671. The summed E-state index contributed by atoms with van der Waals surface area (Å²) in [4.78, 5) is 8.57. The molecular formula is C15H13Br2N3O2. The molecule has 2 heterocycles. The Balaban J connectivity index is 2.18. The van der Waals surface area contributed by atoms with Crippen LogP contribution in [0.25, 0.3) is 5.65 Å². The van der Waals surface area contributed by atoms with Crippen LogP contribution in [0.3, 0.4) is 0 Å². The van der Waals surface area contributed by atoms with Crippen molar-refractivity contribution in [2.75, 3.05) is 0 Å². The van der Waals surface area contributed by atoms with Crippen molar-refractivity contribution < 1.29 is 10.2 Å². The predicted octanol–water partition coefficient (Wildman–Crippen LogP) is 3.60. The molecule has 5 nitrogen and oxygen atoms in total. The van der Waals surface area contributed by atoms with Crippen molar-refractivity contribution >= 4 is 37.5 Å². The fourth-order valence-electron chi connectivity index (χ4n) is 2.43. The molecular weight excluding hydrogens is 414 g/mol. The van der Waals surface area contributed by atoms with Gasteiger partial charge in [-0.15, -0.1) is 0 Å². The van der Waals surface area contributed by atoms with Crippen LogP contribution in [0.5, 0.6) is 5.75 Å². The van der Waals surface area contributed by atoms with E-state index in [4.69, 9.17) is 0 Å². The fourth-order valence-corrected chi connectivity index (χ4v) is 3.65. The Morgan fingerprint density at radius 3 is 2.59 bits per heavy atom. The maximum Gasteiger partial charge on any atom is 0.155 e. The smallest absolute Gasteiger partial charge is 0.155 e. The molecule has 0 bridgehead atoms. The number of hydrogen-bond donors (Lipinski definition) is 2. The SMILES string of the molecule is CCc1nc2cnccn2c1C(O)c1cc(Br)c(O)c(Br)c1. The lowest BCUT2D eigenvalue weighted by molar-refractivity contribution is 0.213. The van der Waals surface area contributed by atoms with Gasteiger partial charge >= 0.3 is 0 Å². The van der Waals surface area contributed by atoms with E-state index >= 15 is 0 Å². The molecule has 0 aliphatic heterocycles. The molecule has 0 radical (unpaired) electrons. The van der Waals surface area contributed by atoms with Crippen molar-refractivity contribution in [2.45, 2.75) is 19.4 Å². The number of nitrogens with zero attached hydrogens (tertiary/aromatic N) is 3. The number of phenols is 1. The number of aryl methyl sites for hydroxylation is 1. The topological polar surface area (TPSA) is 70.7 Å². The molecule has 22 heavy (non-hydrogen) atoms. The number of hydrogen-bond acceptors (Lipinski definition) is 4. The van der Waals surface area contributed by atoms with E-state index in [1.165, 1.54) is 0 Å². The zero-order valence-electron chi connectivity index (χ0n) is 11.7. The molecule has 1 aromatic carbocycles. The fraction of sp³-hybridized carbons (Fsp3) is 0.200. The molecule has 0 aliphatic carbocycles. The lowest BCUT2D eigenvalue weighted by Gasteiger charge is -2.14. The zero-order chi connectivity index (χ0) is 15.9. The second-order valence-electron chi connectivity index (χ2n) is 4.84. The largest absolute Gasteiger partial charge is 0.506 e. The zero-order valence-corrected chi connectivity index (χ0v) is 14.8. The minimum atomic E-state index is -0.861. The van der Waals surface area contributed by atoms with Crippen LogP contribution < -0.4 is 0 Å². The van der Waals surface area contributed by atoms with Gasteiger partial charge in [-0.05, 0) is 56.0 Å². The van der Waals surface area contributed by atoms with E-state index < -0.39 is 6.10 Å². The standard InChI is InChI=1S/C15H13Br2N3O2/c1-2-11-13(20-4-3-18-7-12(20)19-11)14(21)8-5-9(16)15(22)10(17)6-8/h3-7,14,21-22H,2H2,1H3. The molecule has 114 valence electrons. The molecule has 0 fully saturated rings. The Bertz CT molecular complexity index is 825. The van der Waals surface area contributed by atoms with Gasteiger partial charge in [-0.25, -0.2) is 4.98 Å². The van der Waals surface area contributed by atoms with Gasteiger partial charge in [0.2, 0.25) is 0 Å². The molecule has 3 rings (SSSR count). The number of rotatable bonds is 3. The molecule has 2 N–H and O–H groups in total. The Kier molecular flexibility index (Phi) is 4.20. The lowest BCUT2D eigenvalue weighted by atomic mass is 10.0. The summed E-state index contributed by atoms with van der Waals surface area (Å²) < 4.78 is 2.87. The lowest BCUT2D eigenvalue weighted by Crippen LogP contribution is -2.06. The number of phenolic OH excluding ortho intramolecular Hbond substituents is 1. The minimum absolute atomic E-state index is 0.106. The summed E-state index contributed by atoms with van der Waals surface area (Å²) in [5.41, 5.74) is 2.89. The van der Waals surface area contributed by atoms with Crippen LogP contribution in [0.2, 0.25) is 0 Å². The van der Waals surface area contributed by atoms with Gasteiger partial charge in [-0.2, -0.15) is 0 Å². The van der Waals surface area contributed by atoms with Crippen LogP contribution in [-0.4, -0.2) is 24.6 Å². The maximum absolute atomic E-state index is 10.8. The third-order valence-corrected chi connectivity index (χ3v) is 4.70. The molecule has 0 amide bonds. The highest BCUT2D eigenvalue weighted by molar-refractivity contribution is 9.11. The highest BCUT2D eigenvalue weighted by Gasteiger charge is 2.22. The van der Waals surface area contributed by atoms with Gasteiger partial charge in [0.15, 0.2) is 5.65 Å². The van der Waals surface area contributed by atoms with E-state index in [-0.39, 0.29) is 5.75 Å². The van der Waals surface area contributed by atoms with Crippen molar-refractivity contribution in [2.24, 2.45) is 0 Å². The summed E-state index contributed by atoms with van der Waals surface area (Å²) in [5.74, 6) is 0.106. The number of imidazole rings is 1. The third kappa shape index (κ3) is 2.53. The number of fused-ring (bicyclic) bond motifs is 1. The molecule has 0 saturated carbocycles. The summed E-state index contributed by atoms with van der Waals surface area (Å²) in [7, 11) is 0. The Morgan fingerprint density at radius 2 is 1.95 bits per heavy atom. The number of benzene rings is 1. The van der Waals surface area contributed by atoms with Crippen LogP contribution in [0.4, 0.5) is 0 Å². The maximum atomic E-state index is 10.8. The van der Waals surface area contributed by atoms with E-state index in [0.29, 0.717) is 32.3 Å². The van der Waals surface area contributed by atoms with Gasteiger partial charge in [0.05, 0.1) is 26.5 Å². The van der Waals surface area contributed by atoms with E-state index in [1.54, 1.807) is 30.7 Å². The Morgan fingerprint density at radius 1 is 1.27 bits per heavy atom. The second kappa shape index (κ2) is 5.98. The monoisotopic (exact) mass is 425 g/mol. The van der Waals surface area contributed by atoms with Crippen molar-refractivity contribution in [1.29, 1.82) is 0 Å². The molecule has 0 aliphatic rings. The molecule has 1 unspecified atom stereocenters. The van der Waals surface area contributed by atoms with E-state index in [0.717, 1.165) is 5.69 Å². The van der Waals surface area contributed by atoms with Crippen LogP contribution >= 0.6 is 31.9 Å².